The highest BCUT2D eigenvalue weighted by molar-refractivity contribution is 5.28. The van der Waals surface area contributed by atoms with E-state index in [1.807, 2.05) is 31.2 Å². The van der Waals surface area contributed by atoms with Gasteiger partial charge in [0.25, 0.3) is 0 Å². The van der Waals surface area contributed by atoms with Crippen LogP contribution in [0.5, 0.6) is 5.75 Å². The minimum Gasteiger partial charge on any atom is -0.497 e. The Kier molecular flexibility index (Phi) is 3.73. The molecule has 1 aromatic carbocycles. The second kappa shape index (κ2) is 4.84. The average molecular weight is 181 g/mol. The first kappa shape index (κ1) is 10.0. The molecule has 0 aromatic heterocycles. The third-order valence-corrected chi connectivity index (χ3v) is 2.08. The molecule has 0 saturated carbocycles. The van der Waals surface area contributed by atoms with Crippen molar-refractivity contribution in [3.05, 3.63) is 29.8 Å². The van der Waals surface area contributed by atoms with Gasteiger partial charge in [-0.3, -0.25) is 0 Å². The van der Waals surface area contributed by atoms with Crippen molar-refractivity contribution >= 4 is 0 Å². The van der Waals surface area contributed by atoms with Crippen molar-refractivity contribution in [2.45, 2.75) is 19.4 Å². The number of benzene rings is 1. The number of hydroxylamine groups is 1. The van der Waals surface area contributed by atoms with Crippen molar-refractivity contribution in [3.8, 4) is 5.75 Å². The zero-order valence-corrected chi connectivity index (χ0v) is 7.95. The molecular weight excluding hydrogens is 166 g/mol. The van der Waals surface area contributed by atoms with Crippen molar-refractivity contribution in [3.63, 3.8) is 0 Å². The van der Waals surface area contributed by atoms with E-state index in [1.165, 1.54) is 0 Å². The van der Waals surface area contributed by atoms with Gasteiger partial charge in [0.2, 0.25) is 0 Å². The molecule has 0 aliphatic rings. The molecule has 0 amide bonds. The van der Waals surface area contributed by atoms with E-state index in [9.17, 15) is 0 Å². The van der Waals surface area contributed by atoms with Crippen LogP contribution in [-0.4, -0.2) is 12.3 Å². The molecule has 0 bridgehead atoms. The summed E-state index contributed by atoms with van der Waals surface area (Å²) in [6.07, 6.45) is 0.850. The molecule has 2 N–H and O–H groups in total. The molecule has 0 radical (unpaired) electrons. The highest BCUT2D eigenvalue weighted by Gasteiger charge is 2.06. The normalized spacial score (nSPS) is 12.5. The van der Waals surface area contributed by atoms with Crippen LogP contribution in [-0.2, 0) is 0 Å². The molecule has 3 heteroatoms. The van der Waals surface area contributed by atoms with E-state index < -0.39 is 0 Å². The Morgan fingerprint density at radius 1 is 1.38 bits per heavy atom. The van der Waals surface area contributed by atoms with Gasteiger partial charge in [0, 0.05) is 0 Å². The number of hydrogen-bond acceptors (Lipinski definition) is 3. The fourth-order valence-electron chi connectivity index (χ4n) is 1.24. The predicted octanol–water partition coefficient (Wildman–Crippen LogP) is 2.13. The van der Waals surface area contributed by atoms with E-state index in [1.54, 1.807) is 7.11 Å². The molecule has 1 unspecified atom stereocenters. The Bertz CT molecular complexity index is 242. The fourth-order valence-corrected chi connectivity index (χ4v) is 1.24. The quantitative estimate of drug-likeness (QED) is 0.699. The lowest BCUT2D eigenvalue weighted by Gasteiger charge is -2.12. The Labute approximate surface area is 78.3 Å². The second-order valence-electron chi connectivity index (χ2n) is 2.86. The summed E-state index contributed by atoms with van der Waals surface area (Å²) < 4.78 is 5.03. The maximum Gasteiger partial charge on any atom is 0.118 e. The van der Waals surface area contributed by atoms with Gasteiger partial charge in [0.05, 0.1) is 13.2 Å². The summed E-state index contributed by atoms with van der Waals surface area (Å²) >= 11 is 0. The summed E-state index contributed by atoms with van der Waals surface area (Å²) in [7, 11) is 1.64. The number of methoxy groups -OCH3 is 1. The molecule has 13 heavy (non-hydrogen) atoms. The van der Waals surface area contributed by atoms with Crippen LogP contribution >= 0.6 is 0 Å². The van der Waals surface area contributed by atoms with Gasteiger partial charge in [-0.15, -0.1) is 0 Å². The van der Waals surface area contributed by atoms with Gasteiger partial charge in [-0.2, -0.15) is 5.48 Å². The maximum atomic E-state index is 8.82. The van der Waals surface area contributed by atoms with Gasteiger partial charge in [-0.25, -0.2) is 0 Å². The molecule has 1 rings (SSSR count). The fraction of sp³-hybridized carbons (Fsp3) is 0.400. The number of nitrogens with one attached hydrogen (secondary N) is 1. The summed E-state index contributed by atoms with van der Waals surface area (Å²) in [5, 5.41) is 8.82. The molecule has 0 aliphatic carbocycles. The molecule has 0 spiro atoms. The second-order valence-corrected chi connectivity index (χ2v) is 2.86. The van der Waals surface area contributed by atoms with Crippen molar-refractivity contribution in [2.24, 2.45) is 0 Å². The van der Waals surface area contributed by atoms with Crippen molar-refractivity contribution in [1.29, 1.82) is 0 Å². The van der Waals surface area contributed by atoms with Crippen LogP contribution in [0.3, 0.4) is 0 Å². The molecule has 72 valence electrons. The first-order valence-corrected chi connectivity index (χ1v) is 4.35. The van der Waals surface area contributed by atoms with E-state index in [0.717, 1.165) is 17.7 Å². The van der Waals surface area contributed by atoms with Crippen LogP contribution in [0.15, 0.2) is 24.3 Å². The minimum absolute atomic E-state index is 0.00547. The standard InChI is InChI=1S/C10H15NO2/c1-3-10(11-12)8-4-6-9(13-2)7-5-8/h4-7,10-12H,3H2,1-2H3. The number of rotatable bonds is 4. The van der Waals surface area contributed by atoms with Gasteiger partial charge >= 0.3 is 0 Å². The highest BCUT2D eigenvalue weighted by atomic mass is 16.5. The summed E-state index contributed by atoms with van der Waals surface area (Å²) in [4.78, 5) is 0. The van der Waals surface area contributed by atoms with E-state index >= 15 is 0 Å². The van der Waals surface area contributed by atoms with Gasteiger partial charge in [-0.1, -0.05) is 19.1 Å². The summed E-state index contributed by atoms with van der Waals surface area (Å²) in [6.45, 7) is 2.01. The largest absolute Gasteiger partial charge is 0.497 e. The van der Waals surface area contributed by atoms with E-state index in [0.29, 0.717) is 0 Å². The minimum atomic E-state index is 0.00547. The Morgan fingerprint density at radius 3 is 2.38 bits per heavy atom. The zero-order valence-electron chi connectivity index (χ0n) is 7.95. The van der Waals surface area contributed by atoms with Crippen LogP contribution in [0.25, 0.3) is 0 Å². The van der Waals surface area contributed by atoms with Crippen molar-refractivity contribution in [1.82, 2.24) is 5.48 Å². The van der Waals surface area contributed by atoms with Crippen molar-refractivity contribution < 1.29 is 9.94 Å². The molecule has 0 saturated heterocycles. The van der Waals surface area contributed by atoms with Crippen LogP contribution in [0, 0.1) is 0 Å². The first-order chi connectivity index (χ1) is 6.31. The van der Waals surface area contributed by atoms with E-state index in [2.05, 4.69) is 5.48 Å². The predicted molar refractivity (Wildman–Crippen MR) is 50.9 cm³/mol. The van der Waals surface area contributed by atoms with Crippen LogP contribution < -0.4 is 10.2 Å². The van der Waals surface area contributed by atoms with E-state index in [-0.39, 0.29) is 6.04 Å². The molecule has 3 nitrogen and oxygen atoms in total. The lowest BCUT2D eigenvalue weighted by atomic mass is 10.1. The molecular formula is C10H15NO2. The molecule has 0 fully saturated rings. The monoisotopic (exact) mass is 181 g/mol. The topological polar surface area (TPSA) is 41.5 Å². The highest BCUT2D eigenvalue weighted by Crippen LogP contribution is 2.19. The Hall–Kier alpha value is -1.06. The number of hydrogen-bond donors (Lipinski definition) is 2. The third-order valence-electron chi connectivity index (χ3n) is 2.08. The van der Waals surface area contributed by atoms with Crippen LogP contribution in [0.1, 0.15) is 24.9 Å². The van der Waals surface area contributed by atoms with Crippen LogP contribution in [0.2, 0.25) is 0 Å². The Balaban J connectivity index is 2.78. The van der Waals surface area contributed by atoms with Gasteiger partial charge < -0.3 is 9.94 Å². The smallest absolute Gasteiger partial charge is 0.118 e. The summed E-state index contributed by atoms with van der Waals surface area (Å²) in [5.74, 6) is 0.830. The molecule has 1 atom stereocenters. The third kappa shape index (κ3) is 2.44. The van der Waals surface area contributed by atoms with Gasteiger partial charge in [-0.05, 0) is 24.1 Å². The average Bonchev–Trinajstić information content (AvgIpc) is 2.21. The molecule has 1 aromatic rings. The summed E-state index contributed by atoms with van der Waals surface area (Å²) in [6, 6.07) is 7.66. The Morgan fingerprint density at radius 2 is 2.00 bits per heavy atom. The van der Waals surface area contributed by atoms with Crippen LogP contribution in [0.4, 0.5) is 0 Å². The SMILES string of the molecule is CCC(NO)c1ccc(OC)cc1. The lowest BCUT2D eigenvalue weighted by Crippen LogP contribution is -2.15. The van der Waals surface area contributed by atoms with E-state index in [4.69, 9.17) is 9.94 Å². The molecule has 0 aliphatic heterocycles. The summed E-state index contributed by atoms with van der Waals surface area (Å²) in [5.41, 5.74) is 3.33. The first-order valence-electron chi connectivity index (χ1n) is 4.35. The maximum absolute atomic E-state index is 8.82. The van der Waals surface area contributed by atoms with Gasteiger partial charge in [0.15, 0.2) is 0 Å². The number of ether oxygens (including phenoxy) is 1. The van der Waals surface area contributed by atoms with Gasteiger partial charge in [0.1, 0.15) is 5.75 Å². The van der Waals surface area contributed by atoms with Crippen molar-refractivity contribution in [2.75, 3.05) is 7.11 Å². The lowest BCUT2D eigenvalue weighted by molar-refractivity contribution is 0.124. The zero-order chi connectivity index (χ0) is 9.68. The molecule has 0 heterocycles.